The Morgan fingerprint density at radius 3 is 2.67 bits per heavy atom. The molecule has 0 aliphatic carbocycles. The van der Waals surface area contributed by atoms with Crippen molar-refractivity contribution >= 4 is 23.0 Å². The molecule has 0 aromatic heterocycles. The van der Waals surface area contributed by atoms with Crippen LogP contribution < -0.4 is 10.6 Å². The maximum absolute atomic E-state index is 10.5. The number of nitrogens with two attached hydrogens (primary N) is 1. The third-order valence-corrected chi connectivity index (χ3v) is 2.70. The molecule has 5 nitrogen and oxygen atoms in total. The number of benzene rings is 1. The number of non-ortho nitro benzene ring substituents is 1. The highest BCUT2D eigenvalue weighted by molar-refractivity contribution is 6.33. The normalized spacial score (nSPS) is 16.3. The Labute approximate surface area is 91.6 Å². The first-order valence-corrected chi connectivity index (χ1v) is 4.90. The molecular weight excluding hydrogens is 218 g/mol. The molecular formula is C9H10ClN3O2. The molecule has 15 heavy (non-hydrogen) atoms. The molecule has 0 unspecified atom stereocenters. The Kier molecular flexibility index (Phi) is 2.50. The summed E-state index contributed by atoms with van der Waals surface area (Å²) in [4.78, 5) is 12.0. The van der Waals surface area contributed by atoms with Crippen LogP contribution in [-0.4, -0.2) is 24.1 Å². The highest BCUT2D eigenvalue weighted by Gasteiger charge is 2.25. The second-order valence-electron chi connectivity index (χ2n) is 3.56. The molecule has 1 heterocycles. The summed E-state index contributed by atoms with van der Waals surface area (Å²) >= 11 is 5.94. The van der Waals surface area contributed by atoms with Crippen molar-refractivity contribution in [3.8, 4) is 0 Å². The van der Waals surface area contributed by atoms with Crippen LogP contribution in [-0.2, 0) is 0 Å². The first-order chi connectivity index (χ1) is 7.08. The number of hydrogen-bond acceptors (Lipinski definition) is 4. The molecule has 0 saturated carbocycles. The molecule has 0 bridgehead atoms. The third kappa shape index (κ3) is 1.88. The molecule has 1 fully saturated rings. The van der Waals surface area contributed by atoms with Crippen LogP contribution in [0.4, 0.5) is 11.4 Å². The van der Waals surface area contributed by atoms with Crippen molar-refractivity contribution in [2.24, 2.45) is 5.73 Å². The fraction of sp³-hybridized carbons (Fsp3) is 0.333. The van der Waals surface area contributed by atoms with Gasteiger partial charge < -0.3 is 10.6 Å². The van der Waals surface area contributed by atoms with Crippen LogP contribution in [0.25, 0.3) is 0 Å². The fourth-order valence-corrected chi connectivity index (χ4v) is 1.87. The molecule has 1 aromatic carbocycles. The van der Waals surface area contributed by atoms with E-state index >= 15 is 0 Å². The van der Waals surface area contributed by atoms with Crippen LogP contribution in [0.2, 0.25) is 5.02 Å². The molecule has 1 saturated heterocycles. The monoisotopic (exact) mass is 227 g/mol. The van der Waals surface area contributed by atoms with Gasteiger partial charge in [-0.3, -0.25) is 10.1 Å². The Hall–Kier alpha value is -1.33. The summed E-state index contributed by atoms with van der Waals surface area (Å²) in [5.41, 5.74) is 6.46. The summed E-state index contributed by atoms with van der Waals surface area (Å²) in [6.45, 7) is 1.50. The highest BCUT2D eigenvalue weighted by atomic mass is 35.5. The fourth-order valence-electron chi connectivity index (χ4n) is 1.58. The molecule has 0 spiro atoms. The van der Waals surface area contributed by atoms with Crippen LogP contribution in [0.5, 0.6) is 0 Å². The lowest BCUT2D eigenvalue weighted by Gasteiger charge is -2.39. The van der Waals surface area contributed by atoms with Crippen LogP contribution in [0.15, 0.2) is 18.2 Å². The summed E-state index contributed by atoms with van der Waals surface area (Å²) in [5.74, 6) is 0. The lowest BCUT2D eigenvalue weighted by Crippen LogP contribution is -2.55. The maximum Gasteiger partial charge on any atom is 0.271 e. The molecule has 0 radical (unpaired) electrons. The number of nitro groups is 1. The average Bonchev–Trinajstić information content (AvgIpc) is 2.13. The second kappa shape index (κ2) is 3.67. The van der Waals surface area contributed by atoms with Crippen molar-refractivity contribution in [2.45, 2.75) is 6.04 Å². The van der Waals surface area contributed by atoms with E-state index in [2.05, 4.69) is 0 Å². The van der Waals surface area contributed by atoms with Crippen molar-refractivity contribution in [3.05, 3.63) is 33.3 Å². The zero-order valence-corrected chi connectivity index (χ0v) is 8.65. The standard InChI is InChI=1S/C9H10ClN3O2/c10-8-3-7(13(14)15)1-2-9(8)12-4-6(11)5-12/h1-3,6H,4-5,11H2. The van der Waals surface area contributed by atoms with Crippen molar-refractivity contribution in [3.63, 3.8) is 0 Å². The number of hydrogen-bond donors (Lipinski definition) is 1. The van der Waals surface area contributed by atoms with E-state index in [1.54, 1.807) is 6.07 Å². The smallest absolute Gasteiger partial charge is 0.271 e. The zero-order valence-electron chi connectivity index (χ0n) is 7.89. The molecule has 6 heteroatoms. The first-order valence-electron chi connectivity index (χ1n) is 4.52. The van der Waals surface area contributed by atoms with Gasteiger partial charge in [-0.15, -0.1) is 0 Å². The van der Waals surface area contributed by atoms with Gasteiger partial charge in [-0.2, -0.15) is 0 Å². The van der Waals surface area contributed by atoms with Gasteiger partial charge in [-0.1, -0.05) is 11.6 Å². The SMILES string of the molecule is NC1CN(c2ccc([N+](=O)[O-])cc2Cl)C1. The van der Waals surface area contributed by atoms with E-state index in [1.807, 2.05) is 4.90 Å². The summed E-state index contributed by atoms with van der Waals surface area (Å²) in [5, 5.41) is 10.9. The lowest BCUT2D eigenvalue weighted by atomic mass is 10.1. The Balaban J connectivity index is 2.23. The van der Waals surface area contributed by atoms with Gasteiger partial charge in [0.25, 0.3) is 5.69 Å². The largest absolute Gasteiger partial charge is 0.367 e. The second-order valence-corrected chi connectivity index (χ2v) is 3.97. The van der Waals surface area contributed by atoms with Crippen molar-refractivity contribution < 1.29 is 4.92 Å². The van der Waals surface area contributed by atoms with Gasteiger partial charge in [0.2, 0.25) is 0 Å². The summed E-state index contributed by atoms with van der Waals surface area (Å²) in [6, 6.07) is 4.65. The number of halogens is 1. The van der Waals surface area contributed by atoms with Crippen LogP contribution >= 0.6 is 11.6 Å². The van der Waals surface area contributed by atoms with E-state index in [0.29, 0.717) is 5.02 Å². The van der Waals surface area contributed by atoms with E-state index < -0.39 is 4.92 Å². The third-order valence-electron chi connectivity index (χ3n) is 2.39. The first kappa shape index (κ1) is 10.2. The van der Waals surface area contributed by atoms with Gasteiger partial charge in [-0.25, -0.2) is 0 Å². The van der Waals surface area contributed by atoms with Crippen molar-refractivity contribution in [2.75, 3.05) is 18.0 Å². The minimum Gasteiger partial charge on any atom is -0.367 e. The van der Waals surface area contributed by atoms with E-state index in [9.17, 15) is 10.1 Å². The van der Waals surface area contributed by atoms with E-state index in [1.165, 1.54) is 12.1 Å². The summed E-state index contributed by atoms with van der Waals surface area (Å²) in [7, 11) is 0. The summed E-state index contributed by atoms with van der Waals surface area (Å²) in [6.07, 6.45) is 0. The van der Waals surface area contributed by atoms with Crippen molar-refractivity contribution in [1.82, 2.24) is 0 Å². The molecule has 1 aliphatic rings. The Morgan fingerprint density at radius 2 is 2.20 bits per heavy atom. The predicted molar refractivity (Wildman–Crippen MR) is 58.3 cm³/mol. The van der Waals surface area contributed by atoms with E-state index in [0.717, 1.165) is 18.8 Å². The Morgan fingerprint density at radius 1 is 1.53 bits per heavy atom. The molecule has 0 amide bonds. The number of anilines is 1. The van der Waals surface area contributed by atoms with E-state index in [4.69, 9.17) is 17.3 Å². The molecule has 1 aliphatic heterocycles. The van der Waals surface area contributed by atoms with Gasteiger partial charge in [0.05, 0.1) is 15.6 Å². The molecule has 80 valence electrons. The predicted octanol–water partition coefficient (Wildman–Crippen LogP) is 1.40. The van der Waals surface area contributed by atoms with Gasteiger partial charge in [0, 0.05) is 31.3 Å². The minimum atomic E-state index is -0.461. The van der Waals surface area contributed by atoms with Gasteiger partial charge in [0.15, 0.2) is 0 Å². The van der Waals surface area contributed by atoms with Crippen molar-refractivity contribution in [1.29, 1.82) is 0 Å². The summed E-state index contributed by atoms with van der Waals surface area (Å²) < 4.78 is 0. The van der Waals surface area contributed by atoms with Gasteiger partial charge in [0.1, 0.15) is 0 Å². The lowest BCUT2D eigenvalue weighted by molar-refractivity contribution is -0.384. The minimum absolute atomic E-state index is 0.00794. The van der Waals surface area contributed by atoms with Crippen LogP contribution in [0.1, 0.15) is 0 Å². The zero-order chi connectivity index (χ0) is 11.0. The quantitative estimate of drug-likeness (QED) is 0.612. The number of nitrogens with zero attached hydrogens (tertiary/aromatic N) is 2. The van der Waals surface area contributed by atoms with Crippen LogP contribution in [0, 0.1) is 10.1 Å². The van der Waals surface area contributed by atoms with Gasteiger partial charge >= 0.3 is 0 Å². The molecule has 2 rings (SSSR count). The molecule has 0 atom stereocenters. The topological polar surface area (TPSA) is 72.4 Å². The van der Waals surface area contributed by atoms with E-state index in [-0.39, 0.29) is 11.7 Å². The number of rotatable bonds is 2. The number of nitro benzene ring substituents is 1. The average molecular weight is 228 g/mol. The maximum atomic E-state index is 10.5. The molecule has 1 aromatic rings. The highest BCUT2D eigenvalue weighted by Crippen LogP contribution is 2.31. The molecule has 2 N–H and O–H groups in total. The Bertz CT molecular complexity index is 404. The van der Waals surface area contributed by atoms with Crippen LogP contribution in [0.3, 0.4) is 0 Å². The van der Waals surface area contributed by atoms with Gasteiger partial charge in [-0.05, 0) is 6.07 Å².